The van der Waals surface area contributed by atoms with Crippen molar-refractivity contribution in [2.75, 3.05) is 13.2 Å². The highest BCUT2D eigenvalue weighted by molar-refractivity contribution is 14.1. The molecule has 1 unspecified atom stereocenters. The average molecular weight is 588 g/mol. The standard InChI is InChI=1S/C24H21IN4O4S/c25-15-5-8-18-19(12-15)27-22(26-18)20(13-17-2-1-11-34-17)29-23(31)21(28-24(29)32)14-3-6-16(7-4-14)33-10-9-30/h1-8,11-12,20-21,30H,9-10,13H2,(H,26,27)(H,28,32)/t20?,21-/m1/s1. The molecule has 10 heteroatoms. The van der Waals surface area contributed by atoms with Crippen molar-refractivity contribution >= 4 is 56.9 Å². The van der Waals surface area contributed by atoms with Crippen LogP contribution in [0.2, 0.25) is 0 Å². The van der Waals surface area contributed by atoms with E-state index in [1.165, 1.54) is 4.90 Å². The van der Waals surface area contributed by atoms with Gasteiger partial charge in [0.2, 0.25) is 0 Å². The third kappa shape index (κ3) is 4.52. The summed E-state index contributed by atoms with van der Waals surface area (Å²) < 4.78 is 6.44. The smallest absolute Gasteiger partial charge is 0.325 e. The first-order chi connectivity index (χ1) is 16.5. The van der Waals surface area contributed by atoms with E-state index in [1.54, 1.807) is 35.6 Å². The summed E-state index contributed by atoms with van der Waals surface area (Å²) in [7, 11) is 0. The Morgan fingerprint density at radius 3 is 2.74 bits per heavy atom. The average Bonchev–Trinajstić information content (AvgIpc) is 3.56. The number of imide groups is 1. The van der Waals surface area contributed by atoms with Gasteiger partial charge in [-0.3, -0.25) is 9.69 Å². The number of carbonyl (C=O) groups excluding carboxylic acids is 2. The number of hydrogen-bond donors (Lipinski definition) is 3. The van der Waals surface area contributed by atoms with Crippen LogP contribution in [-0.2, 0) is 11.2 Å². The van der Waals surface area contributed by atoms with Gasteiger partial charge in [0, 0.05) is 14.9 Å². The number of hydrogen-bond acceptors (Lipinski definition) is 6. The summed E-state index contributed by atoms with van der Waals surface area (Å²) in [6.07, 6.45) is 0.467. The fourth-order valence-corrected chi connectivity index (χ4v) is 5.24. The van der Waals surface area contributed by atoms with Crippen molar-refractivity contribution in [1.82, 2.24) is 20.2 Å². The Hall–Kier alpha value is -2.96. The minimum atomic E-state index is -0.796. The minimum Gasteiger partial charge on any atom is -0.491 e. The van der Waals surface area contributed by atoms with Crippen LogP contribution in [-0.4, -0.2) is 45.1 Å². The Morgan fingerprint density at radius 1 is 1.18 bits per heavy atom. The number of nitrogens with zero attached hydrogens (tertiary/aromatic N) is 2. The van der Waals surface area contributed by atoms with E-state index in [1.807, 2.05) is 35.7 Å². The van der Waals surface area contributed by atoms with Crippen LogP contribution in [0.4, 0.5) is 4.79 Å². The normalized spacial score (nSPS) is 16.8. The van der Waals surface area contributed by atoms with Gasteiger partial charge >= 0.3 is 6.03 Å². The van der Waals surface area contributed by atoms with Crippen LogP contribution in [0.1, 0.15) is 28.3 Å². The van der Waals surface area contributed by atoms with Crippen molar-refractivity contribution in [3.8, 4) is 5.75 Å². The fraction of sp³-hybridized carbons (Fsp3) is 0.208. The zero-order valence-corrected chi connectivity index (χ0v) is 20.9. The Labute approximate surface area is 213 Å². The number of imidazole rings is 1. The Morgan fingerprint density at radius 2 is 2.00 bits per heavy atom. The molecule has 8 nitrogen and oxygen atoms in total. The number of urea groups is 1. The molecule has 1 aliphatic rings. The second kappa shape index (κ2) is 9.72. The van der Waals surface area contributed by atoms with E-state index in [2.05, 4.69) is 32.9 Å². The molecule has 34 heavy (non-hydrogen) atoms. The highest BCUT2D eigenvalue weighted by atomic mass is 127. The van der Waals surface area contributed by atoms with E-state index in [4.69, 9.17) is 14.8 Å². The van der Waals surface area contributed by atoms with Gasteiger partial charge in [0.15, 0.2) is 0 Å². The summed E-state index contributed by atoms with van der Waals surface area (Å²) in [5.74, 6) is 0.826. The van der Waals surface area contributed by atoms with Crippen molar-refractivity contribution in [3.05, 3.63) is 79.8 Å². The molecule has 0 spiro atoms. The van der Waals surface area contributed by atoms with Crippen LogP contribution < -0.4 is 10.1 Å². The molecule has 3 N–H and O–H groups in total. The summed E-state index contributed by atoms with van der Waals surface area (Å²) in [6, 6.07) is 14.9. The molecule has 5 rings (SSSR count). The topological polar surface area (TPSA) is 108 Å². The number of carbonyl (C=O) groups is 2. The number of H-pyrrole nitrogens is 1. The Bertz CT molecular complexity index is 1320. The van der Waals surface area contributed by atoms with Crippen LogP contribution in [0.3, 0.4) is 0 Å². The van der Waals surface area contributed by atoms with E-state index in [9.17, 15) is 9.59 Å². The van der Waals surface area contributed by atoms with Crippen molar-refractivity contribution in [2.24, 2.45) is 0 Å². The number of halogens is 1. The summed E-state index contributed by atoms with van der Waals surface area (Å²) in [5.41, 5.74) is 2.31. The molecule has 0 aliphatic carbocycles. The molecule has 0 saturated carbocycles. The van der Waals surface area contributed by atoms with Gasteiger partial charge in [-0.05, 0) is 69.9 Å². The molecule has 1 saturated heterocycles. The Balaban J connectivity index is 1.46. The lowest BCUT2D eigenvalue weighted by molar-refractivity contribution is -0.129. The van der Waals surface area contributed by atoms with Crippen LogP contribution in [0, 0.1) is 3.57 Å². The number of nitrogens with one attached hydrogen (secondary N) is 2. The van der Waals surface area contributed by atoms with Gasteiger partial charge in [-0.1, -0.05) is 18.2 Å². The number of aromatic amines is 1. The van der Waals surface area contributed by atoms with Crippen LogP contribution in [0.25, 0.3) is 11.0 Å². The molecule has 3 heterocycles. The third-order valence-electron chi connectivity index (χ3n) is 5.61. The first-order valence-electron chi connectivity index (χ1n) is 10.7. The van der Waals surface area contributed by atoms with Gasteiger partial charge in [-0.25, -0.2) is 9.78 Å². The Kier molecular flexibility index (Phi) is 6.53. The van der Waals surface area contributed by atoms with Crippen LogP contribution in [0.5, 0.6) is 5.75 Å². The SMILES string of the molecule is O=C1N[C@H](c2ccc(OCCO)cc2)C(=O)N1C(Cc1cccs1)c1nc2cc(I)ccc2[nH]1. The molecule has 1 aliphatic heterocycles. The molecule has 2 atom stereocenters. The number of amides is 3. The maximum atomic E-state index is 13.5. The number of aromatic nitrogens is 2. The quantitative estimate of drug-likeness (QED) is 0.212. The third-order valence-corrected chi connectivity index (χ3v) is 7.18. The molecule has 1 fully saturated rings. The predicted molar refractivity (Wildman–Crippen MR) is 137 cm³/mol. The molecule has 0 bridgehead atoms. The molecule has 3 amide bonds. The highest BCUT2D eigenvalue weighted by Crippen LogP contribution is 2.33. The van der Waals surface area contributed by atoms with Gasteiger partial charge in [0.05, 0.1) is 17.6 Å². The van der Waals surface area contributed by atoms with E-state index in [0.29, 0.717) is 23.6 Å². The molecule has 4 aromatic rings. The summed E-state index contributed by atoms with van der Waals surface area (Å²) in [6.45, 7) is 0.105. The number of fused-ring (bicyclic) bond motifs is 1. The first kappa shape index (κ1) is 22.8. The van der Waals surface area contributed by atoms with Crippen molar-refractivity contribution < 1.29 is 19.4 Å². The molecular weight excluding hydrogens is 567 g/mol. The predicted octanol–water partition coefficient (Wildman–Crippen LogP) is 4.18. The maximum Gasteiger partial charge on any atom is 0.325 e. The monoisotopic (exact) mass is 588 g/mol. The number of ether oxygens (including phenoxy) is 1. The number of aliphatic hydroxyl groups is 1. The second-order valence-corrected chi connectivity index (χ2v) is 10.1. The number of benzene rings is 2. The van der Waals surface area contributed by atoms with E-state index in [-0.39, 0.29) is 19.1 Å². The van der Waals surface area contributed by atoms with Gasteiger partial charge in [-0.15, -0.1) is 11.3 Å². The van der Waals surface area contributed by atoms with Crippen molar-refractivity contribution in [3.63, 3.8) is 0 Å². The number of rotatable bonds is 8. The lowest BCUT2D eigenvalue weighted by atomic mass is 10.1. The summed E-state index contributed by atoms with van der Waals surface area (Å²) in [4.78, 5) is 37.0. The van der Waals surface area contributed by atoms with Crippen LogP contribution >= 0.6 is 33.9 Å². The lowest BCUT2D eigenvalue weighted by Gasteiger charge is -2.23. The zero-order chi connectivity index (χ0) is 23.7. The van der Waals surface area contributed by atoms with E-state index in [0.717, 1.165) is 19.5 Å². The minimum absolute atomic E-state index is 0.0829. The van der Waals surface area contributed by atoms with Crippen molar-refractivity contribution in [2.45, 2.75) is 18.5 Å². The van der Waals surface area contributed by atoms with E-state index < -0.39 is 18.1 Å². The summed E-state index contributed by atoms with van der Waals surface area (Å²) >= 11 is 3.81. The van der Waals surface area contributed by atoms with Crippen molar-refractivity contribution in [1.29, 1.82) is 0 Å². The largest absolute Gasteiger partial charge is 0.491 e. The first-order valence-corrected chi connectivity index (χ1v) is 12.6. The number of aliphatic hydroxyl groups excluding tert-OH is 1. The maximum absolute atomic E-state index is 13.5. The summed E-state index contributed by atoms with van der Waals surface area (Å²) in [5, 5.41) is 13.7. The molecule has 2 aromatic heterocycles. The van der Waals surface area contributed by atoms with Gasteiger partial charge in [0.1, 0.15) is 30.3 Å². The lowest BCUT2D eigenvalue weighted by Crippen LogP contribution is -2.36. The highest BCUT2D eigenvalue weighted by Gasteiger charge is 2.44. The molecule has 174 valence electrons. The molecule has 2 aromatic carbocycles. The van der Waals surface area contributed by atoms with Gasteiger partial charge in [0.25, 0.3) is 5.91 Å². The van der Waals surface area contributed by atoms with Gasteiger partial charge < -0.3 is 20.1 Å². The fourth-order valence-electron chi connectivity index (χ4n) is 4.02. The van der Waals surface area contributed by atoms with Gasteiger partial charge in [-0.2, -0.15) is 0 Å². The molecule has 0 radical (unpaired) electrons. The van der Waals surface area contributed by atoms with E-state index >= 15 is 0 Å². The second-order valence-electron chi connectivity index (χ2n) is 7.81. The zero-order valence-electron chi connectivity index (χ0n) is 17.9. The number of thiophene rings is 1. The van der Waals surface area contributed by atoms with Crippen LogP contribution in [0.15, 0.2) is 60.0 Å². The molecular formula is C24H21IN4O4S.